The number of aliphatic hydroxyl groups excluding tert-OH is 1. The van der Waals surface area contributed by atoms with Crippen molar-refractivity contribution in [1.82, 2.24) is 4.90 Å². The summed E-state index contributed by atoms with van der Waals surface area (Å²) in [6.45, 7) is 4.51. The minimum atomic E-state index is -0.443. The third-order valence-electron chi connectivity index (χ3n) is 9.44. The molecule has 2 aliphatic heterocycles. The maximum Gasteiger partial charge on any atom is 0.305 e. The molecule has 0 saturated carbocycles. The lowest BCUT2D eigenvalue weighted by Crippen LogP contribution is -2.43. The lowest BCUT2D eigenvalue weighted by molar-refractivity contribution is -0.144. The summed E-state index contributed by atoms with van der Waals surface area (Å²) in [4.78, 5) is 27.3. The van der Waals surface area contributed by atoms with Crippen molar-refractivity contribution < 1.29 is 19.4 Å². The molecule has 42 heavy (non-hydrogen) atoms. The first-order chi connectivity index (χ1) is 20.4. The van der Waals surface area contributed by atoms with Gasteiger partial charge in [0.15, 0.2) is 5.78 Å². The molecule has 5 rings (SSSR count). The number of fused-ring (bicyclic) bond motifs is 2. The van der Waals surface area contributed by atoms with Crippen molar-refractivity contribution in [3.63, 3.8) is 0 Å². The summed E-state index contributed by atoms with van der Waals surface area (Å²) in [5.41, 5.74) is 5.50. The van der Waals surface area contributed by atoms with E-state index in [-0.39, 0.29) is 29.5 Å². The van der Waals surface area contributed by atoms with Gasteiger partial charge in [0.1, 0.15) is 0 Å². The second kappa shape index (κ2) is 14.5. The quantitative estimate of drug-likeness (QED) is 0.152. The van der Waals surface area contributed by atoms with E-state index in [1.54, 1.807) is 6.08 Å². The minimum absolute atomic E-state index is 0.0385. The van der Waals surface area contributed by atoms with Gasteiger partial charge in [-0.2, -0.15) is 0 Å². The Labute approximate surface area is 251 Å². The Morgan fingerprint density at radius 2 is 2.12 bits per heavy atom. The first kappa shape index (κ1) is 30.5. The summed E-state index contributed by atoms with van der Waals surface area (Å²) in [5.74, 6) is 0.723. The molecular weight excluding hydrogens is 524 g/mol. The molecule has 4 aliphatic rings. The lowest BCUT2D eigenvalue weighted by atomic mass is 9.75. The van der Waals surface area contributed by atoms with Gasteiger partial charge in [0, 0.05) is 54.9 Å². The van der Waals surface area contributed by atoms with Crippen LogP contribution in [0.2, 0.25) is 0 Å². The number of unbranched alkanes of at least 4 members (excludes halogenated alkanes) is 3. The number of likely N-dealkylation sites (N-methyl/N-ethyl adjacent to an activating group) is 1. The SMILES string of the molecule is CCCCC[C@H](O)C=C[C@H]1C=CC(=O)[C@@H]1CC=CCCCC(=O)OC[C@@H]1C=C2c3cccc4c3C(CN4)C[C@H]2N(C)C1. The summed E-state index contributed by atoms with van der Waals surface area (Å²) >= 11 is 0. The molecule has 0 amide bonds. The number of allylic oxidation sites excluding steroid dienone is 5. The molecule has 2 N–H and O–H groups in total. The third kappa shape index (κ3) is 7.33. The molecule has 0 saturated heterocycles. The van der Waals surface area contributed by atoms with Gasteiger partial charge in [0.25, 0.3) is 0 Å². The highest BCUT2D eigenvalue weighted by atomic mass is 16.5. The zero-order valence-electron chi connectivity index (χ0n) is 25.3. The lowest BCUT2D eigenvalue weighted by Gasteiger charge is -2.42. The molecule has 6 atom stereocenters. The fourth-order valence-corrected chi connectivity index (χ4v) is 7.12. The highest BCUT2D eigenvalue weighted by Gasteiger charge is 2.39. The second-order valence-corrected chi connectivity index (χ2v) is 12.6. The van der Waals surface area contributed by atoms with E-state index in [1.165, 1.54) is 22.4 Å². The van der Waals surface area contributed by atoms with Crippen LogP contribution in [0.1, 0.15) is 81.8 Å². The number of esters is 1. The van der Waals surface area contributed by atoms with Gasteiger partial charge < -0.3 is 15.2 Å². The summed E-state index contributed by atoms with van der Waals surface area (Å²) < 4.78 is 5.72. The molecule has 6 nitrogen and oxygen atoms in total. The van der Waals surface area contributed by atoms with E-state index >= 15 is 0 Å². The highest BCUT2D eigenvalue weighted by molar-refractivity contribution is 5.95. The molecule has 0 spiro atoms. The van der Waals surface area contributed by atoms with E-state index < -0.39 is 6.10 Å². The average molecular weight is 573 g/mol. The normalized spacial score (nSPS) is 27.3. The zero-order chi connectivity index (χ0) is 29.5. The van der Waals surface area contributed by atoms with E-state index in [0.29, 0.717) is 31.4 Å². The average Bonchev–Trinajstić information content (AvgIpc) is 3.57. The molecule has 0 bridgehead atoms. The number of nitrogens with one attached hydrogen (secondary N) is 1. The van der Waals surface area contributed by atoms with Gasteiger partial charge in [-0.15, -0.1) is 0 Å². The smallest absolute Gasteiger partial charge is 0.305 e. The first-order valence-corrected chi connectivity index (χ1v) is 16.1. The molecule has 2 heterocycles. The number of benzene rings is 1. The number of carbonyl (C=O) groups is 2. The Kier molecular flexibility index (Phi) is 10.5. The van der Waals surface area contributed by atoms with Crippen LogP contribution >= 0.6 is 0 Å². The highest BCUT2D eigenvalue weighted by Crippen LogP contribution is 2.48. The fourth-order valence-electron chi connectivity index (χ4n) is 7.12. The Morgan fingerprint density at radius 3 is 2.98 bits per heavy atom. The predicted octanol–water partition coefficient (Wildman–Crippen LogP) is 6.44. The summed E-state index contributed by atoms with van der Waals surface area (Å²) in [5, 5.41) is 13.8. The number of ether oxygens (including phenoxy) is 1. The maximum atomic E-state index is 12.5. The van der Waals surface area contributed by atoms with Crippen molar-refractivity contribution in [3.05, 3.63) is 71.9 Å². The number of anilines is 1. The summed E-state index contributed by atoms with van der Waals surface area (Å²) in [6, 6.07) is 7.01. The van der Waals surface area contributed by atoms with E-state index in [0.717, 1.165) is 58.0 Å². The van der Waals surface area contributed by atoms with Gasteiger partial charge >= 0.3 is 5.97 Å². The van der Waals surface area contributed by atoms with Gasteiger partial charge in [0.2, 0.25) is 0 Å². The molecule has 1 unspecified atom stereocenters. The van der Waals surface area contributed by atoms with Gasteiger partial charge in [-0.1, -0.05) is 74.8 Å². The van der Waals surface area contributed by atoms with Crippen LogP contribution in [0.4, 0.5) is 5.69 Å². The van der Waals surface area contributed by atoms with Crippen LogP contribution in [0.3, 0.4) is 0 Å². The zero-order valence-corrected chi connectivity index (χ0v) is 25.3. The van der Waals surface area contributed by atoms with E-state index in [2.05, 4.69) is 60.6 Å². The number of carbonyl (C=O) groups excluding carboxylic acids is 2. The molecule has 1 aromatic carbocycles. The minimum Gasteiger partial charge on any atom is -0.465 e. The predicted molar refractivity (Wildman–Crippen MR) is 169 cm³/mol. The molecule has 0 aromatic heterocycles. The number of aliphatic hydroxyl groups is 1. The molecule has 0 fully saturated rings. The van der Waals surface area contributed by atoms with Crippen LogP contribution < -0.4 is 5.32 Å². The van der Waals surface area contributed by atoms with Crippen molar-refractivity contribution in [1.29, 1.82) is 0 Å². The van der Waals surface area contributed by atoms with Gasteiger partial charge in [0.05, 0.1) is 12.7 Å². The summed E-state index contributed by atoms with van der Waals surface area (Å²) in [6.07, 6.45) is 21.3. The number of nitrogens with zero attached hydrogens (tertiary/aromatic N) is 1. The first-order valence-electron chi connectivity index (χ1n) is 16.1. The van der Waals surface area contributed by atoms with Gasteiger partial charge in [-0.05, 0) is 68.0 Å². The molecular formula is C36H48N2O4. The fraction of sp³-hybridized carbons (Fsp3) is 0.556. The topological polar surface area (TPSA) is 78.9 Å². The van der Waals surface area contributed by atoms with Crippen molar-refractivity contribution in [2.45, 2.75) is 82.8 Å². The van der Waals surface area contributed by atoms with Crippen molar-refractivity contribution >= 4 is 23.0 Å². The number of hydrogen-bond acceptors (Lipinski definition) is 6. The molecule has 0 radical (unpaired) electrons. The number of rotatable bonds is 14. The van der Waals surface area contributed by atoms with Gasteiger partial charge in [-0.25, -0.2) is 0 Å². The number of ketones is 1. The Morgan fingerprint density at radius 1 is 1.24 bits per heavy atom. The van der Waals surface area contributed by atoms with Crippen LogP contribution in [0, 0.1) is 17.8 Å². The Hall–Kier alpha value is -2.96. The largest absolute Gasteiger partial charge is 0.465 e. The maximum absolute atomic E-state index is 12.5. The van der Waals surface area contributed by atoms with Gasteiger partial charge in [-0.3, -0.25) is 14.5 Å². The molecule has 6 heteroatoms. The van der Waals surface area contributed by atoms with E-state index in [1.807, 2.05) is 18.2 Å². The molecule has 2 aliphatic carbocycles. The van der Waals surface area contributed by atoms with Crippen LogP contribution in [0.25, 0.3) is 5.57 Å². The van der Waals surface area contributed by atoms with E-state index in [9.17, 15) is 14.7 Å². The summed E-state index contributed by atoms with van der Waals surface area (Å²) in [7, 11) is 2.20. The third-order valence-corrected chi connectivity index (χ3v) is 9.44. The van der Waals surface area contributed by atoms with E-state index in [4.69, 9.17) is 4.74 Å². The Bertz CT molecular complexity index is 1230. The van der Waals surface area contributed by atoms with Crippen molar-refractivity contribution in [2.75, 3.05) is 32.1 Å². The second-order valence-electron chi connectivity index (χ2n) is 12.6. The monoisotopic (exact) mass is 572 g/mol. The molecule has 1 aromatic rings. The van der Waals surface area contributed by atoms with Crippen molar-refractivity contribution in [3.8, 4) is 0 Å². The molecule has 226 valence electrons. The van der Waals surface area contributed by atoms with Crippen molar-refractivity contribution in [2.24, 2.45) is 17.8 Å². The van der Waals surface area contributed by atoms with Crippen LogP contribution in [-0.4, -0.2) is 60.6 Å². The number of hydrogen-bond donors (Lipinski definition) is 2. The van der Waals surface area contributed by atoms with Crippen LogP contribution in [0.5, 0.6) is 0 Å². The van der Waals surface area contributed by atoms with Crippen LogP contribution in [-0.2, 0) is 14.3 Å². The van der Waals surface area contributed by atoms with Crippen LogP contribution in [0.15, 0.2) is 60.7 Å². The standard InChI is InChI=1S/C36H48N2O4/c1-3-4-7-11-28(39)18-16-26-17-19-34(40)29(26)12-8-5-6-9-15-35(41)42-24-25-20-31-30-13-10-14-32-36(30)27(22-37-32)21-33(31)38(2)23-25/h5,8,10,13-14,16-20,25-29,33,37,39H,3-4,6-7,9,11-12,15,21-24H2,1-2H3/t25-,26+,27?,28+,29-,33-/m1/s1. The Balaban J connectivity index is 1.03.